The largest absolute Gasteiger partial charge is 0.396 e. The van der Waals surface area contributed by atoms with E-state index in [1.165, 1.54) is 30.9 Å². The van der Waals surface area contributed by atoms with E-state index in [4.69, 9.17) is 0 Å². The lowest BCUT2D eigenvalue weighted by molar-refractivity contribution is 0.0816. The van der Waals surface area contributed by atoms with Crippen molar-refractivity contribution < 1.29 is 9.50 Å². The van der Waals surface area contributed by atoms with E-state index in [2.05, 4.69) is 5.32 Å². The van der Waals surface area contributed by atoms with E-state index in [9.17, 15) is 9.50 Å². The van der Waals surface area contributed by atoms with Gasteiger partial charge in [-0.2, -0.15) is 0 Å². The minimum Gasteiger partial charge on any atom is -0.396 e. The van der Waals surface area contributed by atoms with Crippen LogP contribution in [0.4, 0.5) is 4.39 Å². The molecule has 1 aliphatic rings. The summed E-state index contributed by atoms with van der Waals surface area (Å²) in [6.45, 7) is 4.02. The van der Waals surface area contributed by atoms with Gasteiger partial charge < -0.3 is 10.4 Å². The Balaban J connectivity index is 1.78. The summed E-state index contributed by atoms with van der Waals surface area (Å²) in [5, 5.41) is 13.1. The summed E-state index contributed by atoms with van der Waals surface area (Å²) in [6.07, 6.45) is 6.95. The number of halogens is 1. The molecule has 0 radical (unpaired) electrons. The van der Waals surface area contributed by atoms with Gasteiger partial charge in [-0.1, -0.05) is 25.3 Å². The Kier molecular flexibility index (Phi) is 5.55. The fraction of sp³-hybridized carbons (Fsp3) is 0.647. The predicted molar refractivity (Wildman–Crippen MR) is 80.3 cm³/mol. The molecule has 0 atom stereocenters. The van der Waals surface area contributed by atoms with Crippen molar-refractivity contribution in [2.24, 2.45) is 5.41 Å². The van der Waals surface area contributed by atoms with Gasteiger partial charge in [-0.15, -0.1) is 0 Å². The molecule has 1 aliphatic carbocycles. The van der Waals surface area contributed by atoms with Crippen molar-refractivity contribution in [2.75, 3.05) is 19.7 Å². The molecule has 0 aromatic heterocycles. The number of aliphatic hydroxyl groups excluding tert-OH is 1. The fourth-order valence-corrected chi connectivity index (χ4v) is 3.21. The van der Waals surface area contributed by atoms with E-state index in [-0.39, 0.29) is 17.8 Å². The van der Waals surface area contributed by atoms with Crippen LogP contribution in [-0.2, 0) is 6.42 Å². The number of benzene rings is 1. The van der Waals surface area contributed by atoms with Crippen LogP contribution in [0.15, 0.2) is 18.2 Å². The molecule has 2 nitrogen and oxygen atoms in total. The molecule has 1 aromatic carbocycles. The summed E-state index contributed by atoms with van der Waals surface area (Å²) in [5.74, 6) is -0.166. The maximum absolute atomic E-state index is 13.0. The van der Waals surface area contributed by atoms with Gasteiger partial charge in [-0.05, 0) is 56.0 Å². The van der Waals surface area contributed by atoms with Gasteiger partial charge in [0.15, 0.2) is 0 Å². The molecule has 20 heavy (non-hydrogen) atoms. The van der Waals surface area contributed by atoms with Crippen LogP contribution in [0.1, 0.15) is 43.2 Å². The van der Waals surface area contributed by atoms with Gasteiger partial charge in [0.05, 0.1) is 0 Å². The average Bonchev–Trinajstić information content (AvgIpc) is 2.46. The van der Waals surface area contributed by atoms with Gasteiger partial charge in [0.2, 0.25) is 0 Å². The zero-order chi connectivity index (χ0) is 14.4. The van der Waals surface area contributed by atoms with Crippen LogP contribution in [0.5, 0.6) is 0 Å². The van der Waals surface area contributed by atoms with Crippen molar-refractivity contribution in [3.05, 3.63) is 35.1 Å². The van der Waals surface area contributed by atoms with Crippen LogP contribution >= 0.6 is 0 Å². The first kappa shape index (κ1) is 15.5. The summed E-state index contributed by atoms with van der Waals surface area (Å²) < 4.78 is 13.0. The number of hydrogen-bond donors (Lipinski definition) is 2. The number of aryl methyl sites for hydroxylation is 1. The van der Waals surface area contributed by atoms with Gasteiger partial charge in [0.1, 0.15) is 5.82 Å². The molecule has 0 spiro atoms. The minimum atomic E-state index is -0.166. The van der Waals surface area contributed by atoms with E-state index in [0.29, 0.717) is 0 Å². The van der Waals surface area contributed by atoms with Gasteiger partial charge in [0, 0.05) is 18.6 Å². The fourth-order valence-electron chi connectivity index (χ4n) is 3.21. The van der Waals surface area contributed by atoms with Crippen LogP contribution in [0.2, 0.25) is 0 Å². The minimum absolute atomic E-state index is 0.0933. The zero-order valence-electron chi connectivity index (χ0n) is 12.4. The molecule has 0 unspecified atom stereocenters. The molecule has 112 valence electrons. The molecule has 0 saturated heterocycles. The Morgan fingerprint density at radius 1 is 1.25 bits per heavy atom. The maximum Gasteiger partial charge on any atom is 0.123 e. The summed E-state index contributed by atoms with van der Waals surface area (Å²) in [5.41, 5.74) is 2.30. The molecular formula is C17H26FNO. The van der Waals surface area contributed by atoms with Crippen LogP contribution in [0.3, 0.4) is 0 Å². The normalized spacial score (nSPS) is 18.1. The quantitative estimate of drug-likeness (QED) is 0.784. The molecule has 2 rings (SSSR count). The Morgan fingerprint density at radius 2 is 2.00 bits per heavy atom. The molecule has 0 bridgehead atoms. The number of hydrogen-bond acceptors (Lipinski definition) is 2. The molecular weight excluding hydrogens is 253 g/mol. The van der Waals surface area contributed by atoms with Gasteiger partial charge in [-0.25, -0.2) is 4.39 Å². The zero-order valence-corrected chi connectivity index (χ0v) is 12.4. The second-order valence-corrected chi connectivity index (χ2v) is 6.22. The Labute approximate surface area is 121 Å². The van der Waals surface area contributed by atoms with E-state index in [1.807, 2.05) is 13.0 Å². The van der Waals surface area contributed by atoms with Gasteiger partial charge in [0.25, 0.3) is 0 Å². The highest BCUT2D eigenvalue weighted by molar-refractivity contribution is 5.26. The topological polar surface area (TPSA) is 32.3 Å². The molecule has 1 fully saturated rings. The third kappa shape index (κ3) is 4.03. The summed E-state index contributed by atoms with van der Waals surface area (Å²) in [7, 11) is 0. The van der Waals surface area contributed by atoms with Crippen LogP contribution < -0.4 is 5.32 Å². The van der Waals surface area contributed by atoms with Crippen molar-refractivity contribution >= 4 is 0 Å². The number of nitrogens with one attached hydrogen (secondary N) is 1. The van der Waals surface area contributed by atoms with E-state index in [1.54, 1.807) is 6.07 Å². The maximum atomic E-state index is 13.0. The molecule has 1 aromatic rings. The Hall–Kier alpha value is -0.930. The molecule has 1 saturated carbocycles. The highest BCUT2D eigenvalue weighted by Gasteiger charge is 2.30. The lowest BCUT2D eigenvalue weighted by atomic mass is 9.74. The van der Waals surface area contributed by atoms with Crippen molar-refractivity contribution in [1.29, 1.82) is 0 Å². The van der Waals surface area contributed by atoms with E-state index >= 15 is 0 Å². The lowest BCUT2D eigenvalue weighted by Gasteiger charge is -2.35. The van der Waals surface area contributed by atoms with Crippen molar-refractivity contribution in [3.63, 3.8) is 0 Å². The van der Waals surface area contributed by atoms with Crippen molar-refractivity contribution in [1.82, 2.24) is 5.32 Å². The first-order valence-corrected chi connectivity index (χ1v) is 7.72. The molecule has 0 heterocycles. The number of rotatable bonds is 6. The molecule has 2 N–H and O–H groups in total. The summed E-state index contributed by atoms with van der Waals surface area (Å²) in [4.78, 5) is 0. The monoisotopic (exact) mass is 279 g/mol. The molecule has 3 heteroatoms. The first-order chi connectivity index (χ1) is 9.65. The summed E-state index contributed by atoms with van der Waals surface area (Å²) >= 11 is 0. The van der Waals surface area contributed by atoms with Crippen LogP contribution in [0, 0.1) is 18.2 Å². The van der Waals surface area contributed by atoms with Gasteiger partial charge in [-0.3, -0.25) is 0 Å². The standard InChI is InChI=1S/C17H26FNO/c1-14-11-16(18)6-5-15(14)7-10-19-12-17(13-20)8-3-2-4-9-17/h5-6,11,19-20H,2-4,7-10,12-13H2,1H3. The lowest BCUT2D eigenvalue weighted by Crippen LogP contribution is -2.39. The highest BCUT2D eigenvalue weighted by atomic mass is 19.1. The summed E-state index contributed by atoms with van der Waals surface area (Å²) in [6, 6.07) is 4.99. The van der Waals surface area contributed by atoms with Crippen LogP contribution in [0.25, 0.3) is 0 Å². The second-order valence-electron chi connectivity index (χ2n) is 6.22. The van der Waals surface area contributed by atoms with Gasteiger partial charge >= 0.3 is 0 Å². The average molecular weight is 279 g/mol. The molecule has 0 amide bonds. The Bertz CT molecular complexity index is 427. The smallest absolute Gasteiger partial charge is 0.123 e. The van der Waals surface area contributed by atoms with Crippen LogP contribution in [-0.4, -0.2) is 24.8 Å². The first-order valence-electron chi connectivity index (χ1n) is 7.72. The van der Waals surface area contributed by atoms with E-state index in [0.717, 1.165) is 37.9 Å². The highest BCUT2D eigenvalue weighted by Crippen LogP contribution is 2.35. The Morgan fingerprint density at radius 3 is 2.65 bits per heavy atom. The predicted octanol–water partition coefficient (Wildman–Crippen LogP) is 3.21. The van der Waals surface area contributed by atoms with E-state index < -0.39 is 0 Å². The SMILES string of the molecule is Cc1cc(F)ccc1CCNCC1(CO)CCCCC1. The van der Waals surface area contributed by atoms with Crippen molar-refractivity contribution in [3.8, 4) is 0 Å². The third-order valence-electron chi connectivity index (χ3n) is 4.63. The van der Waals surface area contributed by atoms with Crippen molar-refractivity contribution in [2.45, 2.75) is 45.4 Å². The molecule has 0 aliphatic heterocycles. The number of aliphatic hydroxyl groups is 1. The third-order valence-corrected chi connectivity index (χ3v) is 4.63. The second kappa shape index (κ2) is 7.19.